The molecule has 1 unspecified atom stereocenters. The number of rotatable bonds is 4. The summed E-state index contributed by atoms with van der Waals surface area (Å²) in [5, 5.41) is 3.49. The molecule has 2 rings (SSSR count). The first kappa shape index (κ1) is 11.7. The highest BCUT2D eigenvalue weighted by Gasteiger charge is 2.12. The monoisotopic (exact) mass is 217 g/mol. The summed E-state index contributed by atoms with van der Waals surface area (Å²) in [5.41, 5.74) is 2.98. The molecule has 1 aromatic rings. The second kappa shape index (κ2) is 6.05. The summed E-state index contributed by atoms with van der Waals surface area (Å²) in [4.78, 5) is 0. The van der Waals surface area contributed by atoms with Gasteiger partial charge < -0.3 is 5.32 Å². The summed E-state index contributed by atoms with van der Waals surface area (Å²) >= 11 is 0. The maximum atomic E-state index is 3.49. The summed E-state index contributed by atoms with van der Waals surface area (Å²) in [6.45, 7) is 4.69. The first-order valence-corrected chi connectivity index (χ1v) is 6.61. The van der Waals surface area contributed by atoms with E-state index in [4.69, 9.17) is 0 Å². The van der Waals surface area contributed by atoms with Crippen LogP contribution in [0.2, 0.25) is 0 Å². The average molecular weight is 217 g/mol. The van der Waals surface area contributed by atoms with Crippen molar-refractivity contribution in [2.45, 2.75) is 39.0 Å². The molecule has 1 N–H and O–H groups in total. The van der Waals surface area contributed by atoms with Gasteiger partial charge in [0.25, 0.3) is 0 Å². The topological polar surface area (TPSA) is 12.0 Å². The Balaban J connectivity index is 1.73. The van der Waals surface area contributed by atoms with Gasteiger partial charge in [-0.05, 0) is 69.2 Å². The van der Waals surface area contributed by atoms with Crippen LogP contribution in [-0.2, 0) is 6.42 Å². The van der Waals surface area contributed by atoms with Gasteiger partial charge in [0.15, 0.2) is 0 Å². The zero-order valence-electron chi connectivity index (χ0n) is 10.3. The highest BCUT2D eigenvalue weighted by atomic mass is 14.9. The molecule has 0 aliphatic carbocycles. The number of piperidine rings is 1. The number of benzene rings is 1. The minimum Gasteiger partial charge on any atom is -0.316 e. The Labute approximate surface area is 99.3 Å². The van der Waals surface area contributed by atoms with Crippen molar-refractivity contribution in [3.63, 3.8) is 0 Å². The molecule has 0 spiro atoms. The minimum absolute atomic E-state index is 0.928. The lowest BCUT2D eigenvalue weighted by atomic mass is 9.92. The van der Waals surface area contributed by atoms with Gasteiger partial charge in [0, 0.05) is 0 Å². The average Bonchev–Trinajstić information content (AvgIpc) is 2.33. The molecule has 16 heavy (non-hydrogen) atoms. The molecule has 88 valence electrons. The zero-order valence-corrected chi connectivity index (χ0v) is 10.3. The second-order valence-corrected chi connectivity index (χ2v) is 5.03. The Morgan fingerprint density at radius 3 is 2.94 bits per heavy atom. The molecule has 0 bridgehead atoms. The van der Waals surface area contributed by atoms with Gasteiger partial charge in [-0.3, -0.25) is 0 Å². The lowest BCUT2D eigenvalue weighted by Gasteiger charge is -2.22. The van der Waals surface area contributed by atoms with E-state index in [-0.39, 0.29) is 0 Å². The van der Waals surface area contributed by atoms with E-state index in [1.165, 1.54) is 56.3 Å². The summed E-state index contributed by atoms with van der Waals surface area (Å²) in [6.07, 6.45) is 6.79. The molecular formula is C15H23N. The van der Waals surface area contributed by atoms with Gasteiger partial charge in [0.05, 0.1) is 0 Å². The van der Waals surface area contributed by atoms with Gasteiger partial charge in [0.1, 0.15) is 0 Å². The largest absolute Gasteiger partial charge is 0.316 e. The van der Waals surface area contributed by atoms with Crippen molar-refractivity contribution >= 4 is 0 Å². The molecule has 1 fully saturated rings. The molecule has 1 heterocycles. The van der Waals surface area contributed by atoms with Crippen molar-refractivity contribution in [1.82, 2.24) is 5.32 Å². The van der Waals surface area contributed by atoms with Crippen LogP contribution < -0.4 is 5.32 Å². The van der Waals surface area contributed by atoms with Crippen molar-refractivity contribution < 1.29 is 0 Å². The first-order chi connectivity index (χ1) is 7.86. The highest BCUT2D eigenvalue weighted by molar-refractivity contribution is 5.25. The van der Waals surface area contributed by atoms with Crippen molar-refractivity contribution in [1.29, 1.82) is 0 Å². The van der Waals surface area contributed by atoms with E-state index in [1.54, 1.807) is 0 Å². The lowest BCUT2D eigenvalue weighted by molar-refractivity contribution is 0.351. The summed E-state index contributed by atoms with van der Waals surface area (Å²) in [5.74, 6) is 0.928. The summed E-state index contributed by atoms with van der Waals surface area (Å²) < 4.78 is 0. The van der Waals surface area contributed by atoms with Crippen molar-refractivity contribution in [3.05, 3.63) is 35.4 Å². The van der Waals surface area contributed by atoms with Gasteiger partial charge in [-0.2, -0.15) is 0 Å². The molecule has 1 aliphatic heterocycles. The highest BCUT2D eigenvalue weighted by Crippen LogP contribution is 2.18. The van der Waals surface area contributed by atoms with Crippen LogP contribution in [-0.4, -0.2) is 13.1 Å². The van der Waals surface area contributed by atoms with Gasteiger partial charge in [-0.15, -0.1) is 0 Å². The van der Waals surface area contributed by atoms with Crippen LogP contribution in [0.15, 0.2) is 24.3 Å². The molecular weight excluding hydrogens is 194 g/mol. The van der Waals surface area contributed by atoms with Gasteiger partial charge in [0.2, 0.25) is 0 Å². The van der Waals surface area contributed by atoms with Crippen LogP contribution >= 0.6 is 0 Å². The maximum absolute atomic E-state index is 3.49. The molecule has 0 amide bonds. The van der Waals surface area contributed by atoms with Crippen LogP contribution in [0, 0.1) is 12.8 Å². The SMILES string of the molecule is Cc1ccccc1CCCC1CCCNC1. The molecule has 1 atom stereocenters. The summed E-state index contributed by atoms with van der Waals surface area (Å²) in [6, 6.07) is 8.78. The van der Waals surface area contributed by atoms with Gasteiger partial charge in [-0.1, -0.05) is 24.3 Å². The quantitative estimate of drug-likeness (QED) is 0.816. The van der Waals surface area contributed by atoms with E-state index in [1.807, 2.05) is 0 Å². The Bertz CT molecular complexity index is 313. The lowest BCUT2D eigenvalue weighted by Crippen LogP contribution is -2.29. The van der Waals surface area contributed by atoms with E-state index < -0.39 is 0 Å². The maximum Gasteiger partial charge on any atom is -0.00205 e. The van der Waals surface area contributed by atoms with Gasteiger partial charge >= 0.3 is 0 Å². The Kier molecular flexibility index (Phi) is 4.41. The molecule has 1 aliphatic rings. The molecule has 1 aromatic carbocycles. The van der Waals surface area contributed by atoms with E-state index in [0.717, 1.165) is 5.92 Å². The van der Waals surface area contributed by atoms with Crippen LogP contribution in [0.25, 0.3) is 0 Å². The minimum atomic E-state index is 0.928. The third kappa shape index (κ3) is 3.34. The number of aryl methyl sites for hydroxylation is 2. The number of nitrogens with one attached hydrogen (secondary N) is 1. The van der Waals surface area contributed by atoms with E-state index >= 15 is 0 Å². The fourth-order valence-electron chi connectivity index (χ4n) is 2.64. The Morgan fingerprint density at radius 1 is 1.31 bits per heavy atom. The van der Waals surface area contributed by atoms with E-state index in [9.17, 15) is 0 Å². The van der Waals surface area contributed by atoms with E-state index in [0.29, 0.717) is 0 Å². The fourth-order valence-corrected chi connectivity index (χ4v) is 2.64. The van der Waals surface area contributed by atoms with E-state index in [2.05, 4.69) is 36.5 Å². The zero-order chi connectivity index (χ0) is 11.2. The second-order valence-electron chi connectivity index (χ2n) is 5.03. The molecule has 1 heteroatoms. The smallest absolute Gasteiger partial charge is 0.00205 e. The standard InChI is InChI=1S/C15H23N/c1-13-6-2-3-9-15(13)10-4-7-14-8-5-11-16-12-14/h2-3,6,9,14,16H,4-5,7-8,10-12H2,1H3. The van der Waals surface area contributed by atoms with Crippen LogP contribution in [0.3, 0.4) is 0 Å². The normalized spacial score (nSPS) is 20.9. The molecule has 1 nitrogen and oxygen atoms in total. The predicted molar refractivity (Wildman–Crippen MR) is 69.7 cm³/mol. The van der Waals surface area contributed by atoms with Crippen molar-refractivity contribution in [2.24, 2.45) is 5.92 Å². The number of hydrogen-bond donors (Lipinski definition) is 1. The van der Waals surface area contributed by atoms with Crippen LogP contribution in [0.4, 0.5) is 0 Å². The predicted octanol–water partition coefficient (Wildman–Crippen LogP) is 3.32. The molecule has 0 saturated carbocycles. The Hall–Kier alpha value is -0.820. The van der Waals surface area contributed by atoms with Crippen molar-refractivity contribution in [3.8, 4) is 0 Å². The Morgan fingerprint density at radius 2 is 2.19 bits per heavy atom. The summed E-state index contributed by atoms with van der Waals surface area (Å²) in [7, 11) is 0. The van der Waals surface area contributed by atoms with Crippen LogP contribution in [0.5, 0.6) is 0 Å². The molecule has 1 saturated heterocycles. The third-order valence-corrected chi connectivity index (χ3v) is 3.72. The van der Waals surface area contributed by atoms with Crippen molar-refractivity contribution in [2.75, 3.05) is 13.1 Å². The first-order valence-electron chi connectivity index (χ1n) is 6.61. The fraction of sp³-hybridized carbons (Fsp3) is 0.600. The number of hydrogen-bond acceptors (Lipinski definition) is 1. The third-order valence-electron chi connectivity index (χ3n) is 3.72. The molecule has 0 radical (unpaired) electrons. The molecule has 0 aromatic heterocycles. The van der Waals surface area contributed by atoms with Crippen LogP contribution in [0.1, 0.15) is 36.8 Å². The van der Waals surface area contributed by atoms with Gasteiger partial charge in [-0.25, -0.2) is 0 Å².